The molecule has 1 rings (SSSR count). The molecule has 0 aliphatic heterocycles. The molecule has 0 saturated carbocycles. The molecule has 0 unspecified atom stereocenters. The molecule has 12 heavy (non-hydrogen) atoms. The Bertz CT molecular complexity index is 241. The molecule has 0 saturated heterocycles. The van der Waals surface area contributed by atoms with Crippen molar-refractivity contribution in [1.82, 2.24) is 5.32 Å². The molecule has 0 radical (unpaired) electrons. The van der Waals surface area contributed by atoms with Gasteiger partial charge >= 0.3 is 0 Å². The fraction of sp³-hybridized carbons (Fsp3) is 0.444. The van der Waals surface area contributed by atoms with Crippen LogP contribution in [0.25, 0.3) is 0 Å². The van der Waals surface area contributed by atoms with Crippen LogP contribution in [0.1, 0.15) is 19.4 Å². The number of thiophene rings is 1. The number of hydrogen-bond acceptors (Lipinski definition) is 2. The topological polar surface area (TPSA) is 29.1 Å². The van der Waals surface area contributed by atoms with Gasteiger partial charge in [-0.15, -0.1) is 0 Å². The van der Waals surface area contributed by atoms with Gasteiger partial charge in [0.15, 0.2) is 0 Å². The second-order valence-corrected chi connectivity index (χ2v) is 3.81. The molecule has 0 aliphatic rings. The smallest absolute Gasteiger partial charge is 0.224 e. The molecule has 1 amide bonds. The normalized spacial score (nSPS) is 10.2. The summed E-state index contributed by atoms with van der Waals surface area (Å²) in [5, 5.41) is 6.83. The maximum absolute atomic E-state index is 11.2. The molecule has 0 spiro atoms. The van der Waals surface area contributed by atoms with Crippen LogP contribution in [-0.4, -0.2) is 11.9 Å². The van der Waals surface area contributed by atoms with Gasteiger partial charge in [-0.05, 0) is 36.2 Å². The molecule has 1 aromatic heterocycles. The van der Waals surface area contributed by atoms with Gasteiger partial charge in [0.05, 0.1) is 6.42 Å². The van der Waals surface area contributed by atoms with Crippen LogP contribution >= 0.6 is 11.3 Å². The zero-order valence-corrected chi connectivity index (χ0v) is 8.15. The summed E-state index contributed by atoms with van der Waals surface area (Å²) >= 11 is 1.62. The van der Waals surface area contributed by atoms with Crippen molar-refractivity contribution >= 4 is 17.2 Å². The molecule has 0 aromatic carbocycles. The zero-order chi connectivity index (χ0) is 8.97. The highest BCUT2D eigenvalue weighted by Gasteiger charge is 2.03. The number of carbonyl (C=O) groups excluding carboxylic acids is 1. The van der Waals surface area contributed by atoms with E-state index in [0.29, 0.717) is 6.42 Å². The first-order valence-corrected chi connectivity index (χ1v) is 4.93. The van der Waals surface area contributed by atoms with Crippen molar-refractivity contribution in [2.24, 2.45) is 0 Å². The number of amides is 1. The van der Waals surface area contributed by atoms with Crippen LogP contribution < -0.4 is 5.32 Å². The van der Waals surface area contributed by atoms with E-state index in [1.165, 1.54) is 0 Å². The van der Waals surface area contributed by atoms with Crippen LogP contribution in [0.4, 0.5) is 0 Å². The van der Waals surface area contributed by atoms with Gasteiger partial charge in [-0.2, -0.15) is 11.3 Å². The highest BCUT2D eigenvalue weighted by atomic mass is 32.1. The lowest BCUT2D eigenvalue weighted by Gasteiger charge is -2.06. The van der Waals surface area contributed by atoms with E-state index in [1.807, 2.05) is 30.7 Å². The maximum Gasteiger partial charge on any atom is 0.224 e. The number of hydrogen-bond donors (Lipinski definition) is 1. The first-order valence-electron chi connectivity index (χ1n) is 3.99. The van der Waals surface area contributed by atoms with E-state index < -0.39 is 0 Å². The third kappa shape index (κ3) is 3.05. The average Bonchev–Trinajstić information content (AvgIpc) is 2.37. The van der Waals surface area contributed by atoms with Gasteiger partial charge in [-0.25, -0.2) is 0 Å². The standard InChI is InChI=1S/C9H13NOS/c1-7(2)10-9(11)5-8-3-4-12-6-8/h3-4,6-7H,5H2,1-2H3,(H,10,11). The number of carbonyl (C=O) groups is 1. The molecule has 1 heterocycles. The Hall–Kier alpha value is -0.830. The summed E-state index contributed by atoms with van der Waals surface area (Å²) in [6.45, 7) is 3.93. The first kappa shape index (κ1) is 9.26. The van der Waals surface area contributed by atoms with Crippen molar-refractivity contribution in [3.05, 3.63) is 22.4 Å². The lowest BCUT2D eigenvalue weighted by molar-refractivity contribution is -0.120. The molecule has 0 bridgehead atoms. The molecule has 0 aliphatic carbocycles. The molecular weight excluding hydrogens is 170 g/mol. The predicted octanol–water partition coefficient (Wildman–Crippen LogP) is 1.82. The third-order valence-electron chi connectivity index (χ3n) is 1.39. The molecule has 1 aromatic rings. The van der Waals surface area contributed by atoms with Crippen LogP contribution in [0, 0.1) is 0 Å². The van der Waals surface area contributed by atoms with Crippen LogP contribution in [0.15, 0.2) is 16.8 Å². The van der Waals surface area contributed by atoms with Gasteiger partial charge in [0, 0.05) is 6.04 Å². The van der Waals surface area contributed by atoms with Gasteiger partial charge in [0.1, 0.15) is 0 Å². The van der Waals surface area contributed by atoms with Crippen molar-refractivity contribution < 1.29 is 4.79 Å². The van der Waals surface area contributed by atoms with Gasteiger partial charge in [-0.3, -0.25) is 4.79 Å². The van der Waals surface area contributed by atoms with Crippen molar-refractivity contribution in [3.63, 3.8) is 0 Å². The zero-order valence-electron chi connectivity index (χ0n) is 7.33. The second kappa shape index (κ2) is 4.26. The summed E-state index contributed by atoms with van der Waals surface area (Å²) in [4.78, 5) is 11.2. The molecule has 2 nitrogen and oxygen atoms in total. The van der Waals surface area contributed by atoms with Crippen LogP contribution in [0.2, 0.25) is 0 Å². The summed E-state index contributed by atoms with van der Waals surface area (Å²) < 4.78 is 0. The lowest BCUT2D eigenvalue weighted by Crippen LogP contribution is -2.31. The Balaban J connectivity index is 2.37. The highest BCUT2D eigenvalue weighted by molar-refractivity contribution is 7.07. The Kier molecular flexibility index (Phi) is 3.29. The minimum atomic E-state index is 0.100. The summed E-state index contributed by atoms with van der Waals surface area (Å²) in [6, 6.07) is 2.21. The summed E-state index contributed by atoms with van der Waals surface area (Å²) in [5.41, 5.74) is 1.10. The lowest BCUT2D eigenvalue weighted by atomic mass is 10.2. The molecule has 0 atom stereocenters. The minimum Gasteiger partial charge on any atom is -0.354 e. The van der Waals surface area contributed by atoms with E-state index in [-0.39, 0.29) is 11.9 Å². The number of nitrogens with one attached hydrogen (secondary N) is 1. The van der Waals surface area contributed by atoms with Crippen molar-refractivity contribution in [3.8, 4) is 0 Å². The van der Waals surface area contributed by atoms with E-state index in [0.717, 1.165) is 5.56 Å². The Morgan fingerprint density at radius 3 is 2.92 bits per heavy atom. The molecule has 0 fully saturated rings. The molecule has 66 valence electrons. The van der Waals surface area contributed by atoms with E-state index in [1.54, 1.807) is 11.3 Å². The largest absolute Gasteiger partial charge is 0.354 e. The van der Waals surface area contributed by atoms with E-state index in [2.05, 4.69) is 5.32 Å². The number of rotatable bonds is 3. The van der Waals surface area contributed by atoms with Crippen LogP contribution in [-0.2, 0) is 11.2 Å². The maximum atomic E-state index is 11.2. The van der Waals surface area contributed by atoms with Crippen LogP contribution in [0.3, 0.4) is 0 Å². The van der Waals surface area contributed by atoms with Crippen molar-refractivity contribution in [2.45, 2.75) is 26.3 Å². The Labute approximate surface area is 76.6 Å². The van der Waals surface area contributed by atoms with Gasteiger partial charge in [0.2, 0.25) is 5.91 Å². The predicted molar refractivity (Wildman–Crippen MR) is 51.3 cm³/mol. The van der Waals surface area contributed by atoms with Crippen molar-refractivity contribution in [2.75, 3.05) is 0 Å². The first-order chi connectivity index (χ1) is 5.68. The fourth-order valence-electron chi connectivity index (χ4n) is 0.952. The molecular formula is C9H13NOS. The third-order valence-corrected chi connectivity index (χ3v) is 2.13. The summed E-state index contributed by atoms with van der Waals surface area (Å²) in [6.07, 6.45) is 0.502. The monoisotopic (exact) mass is 183 g/mol. The fourth-order valence-corrected chi connectivity index (χ4v) is 1.62. The quantitative estimate of drug-likeness (QED) is 0.761. The Morgan fingerprint density at radius 1 is 1.67 bits per heavy atom. The van der Waals surface area contributed by atoms with E-state index in [9.17, 15) is 4.79 Å². The second-order valence-electron chi connectivity index (χ2n) is 3.03. The Morgan fingerprint density at radius 2 is 2.42 bits per heavy atom. The highest BCUT2D eigenvalue weighted by Crippen LogP contribution is 2.06. The van der Waals surface area contributed by atoms with Gasteiger partial charge in [0.25, 0.3) is 0 Å². The molecule has 1 N–H and O–H groups in total. The minimum absolute atomic E-state index is 0.100. The van der Waals surface area contributed by atoms with E-state index in [4.69, 9.17) is 0 Å². The van der Waals surface area contributed by atoms with Crippen LogP contribution in [0.5, 0.6) is 0 Å². The van der Waals surface area contributed by atoms with Gasteiger partial charge in [-0.1, -0.05) is 0 Å². The molecule has 3 heteroatoms. The van der Waals surface area contributed by atoms with Crippen molar-refractivity contribution in [1.29, 1.82) is 0 Å². The van der Waals surface area contributed by atoms with E-state index >= 15 is 0 Å². The SMILES string of the molecule is CC(C)NC(=O)Cc1ccsc1. The average molecular weight is 183 g/mol. The summed E-state index contributed by atoms with van der Waals surface area (Å²) in [7, 11) is 0. The summed E-state index contributed by atoms with van der Waals surface area (Å²) in [5.74, 6) is 0.100. The van der Waals surface area contributed by atoms with Gasteiger partial charge < -0.3 is 5.32 Å².